The Balaban J connectivity index is 2.25. The molecule has 0 spiro atoms. The lowest BCUT2D eigenvalue weighted by atomic mass is 10.1. The van der Waals surface area contributed by atoms with E-state index < -0.39 is 0 Å². The Kier molecular flexibility index (Phi) is 4.40. The zero-order valence-corrected chi connectivity index (χ0v) is 12.8. The molecule has 2 aromatic rings. The molecule has 0 nitrogen and oxygen atoms in total. The minimum absolute atomic E-state index is 1.24. The van der Waals surface area contributed by atoms with E-state index in [0.29, 0.717) is 0 Å². The topological polar surface area (TPSA) is 0 Å². The summed E-state index contributed by atoms with van der Waals surface area (Å²) in [4.78, 5) is 0. The van der Waals surface area contributed by atoms with Crippen molar-refractivity contribution in [2.45, 2.75) is 0 Å². The van der Waals surface area contributed by atoms with Crippen LogP contribution < -0.4 is 0 Å². The van der Waals surface area contributed by atoms with E-state index in [-0.39, 0.29) is 0 Å². The highest BCUT2D eigenvalue weighted by atomic mass is 127. The van der Waals surface area contributed by atoms with Gasteiger partial charge in [0.1, 0.15) is 0 Å². The van der Waals surface area contributed by atoms with Crippen molar-refractivity contribution in [2.75, 3.05) is 0 Å². The molecule has 0 atom stereocenters. The molecule has 0 aliphatic carbocycles. The maximum atomic E-state index is 2.36. The van der Waals surface area contributed by atoms with Crippen LogP contribution in [0.3, 0.4) is 0 Å². The summed E-state index contributed by atoms with van der Waals surface area (Å²) < 4.78 is 2.55. The molecule has 0 N–H and O–H groups in total. The van der Waals surface area contributed by atoms with E-state index in [2.05, 4.69) is 106 Å². The molecule has 0 amide bonds. The zero-order valence-electron chi connectivity index (χ0n) is 8.53. The van der Waals surface area contributed by atoms with Crippen molar-refractivity contribution < 1.29 is 0 Å². The van der Waals surface area contributed by atoms with E-state index in [1.54, 1.807) is 0 Å². The van der Waals surface area contributed by atoms with Gasteiger partial charge in [0.25, 0.3) is 0 Å². The third-order valence-corrected chi connectivity index (χ3v) is 3.86. The van der Waals surface area contributed by atoms with Crippen LogP contribution in [0.15, 0.2) is 48.5 Å². The summed E-state index contributed by atoms with van der Waals surface area (Å²) in [6.07, 6.45) is 4.31. The summed E-state index contributed by atoms with van der Waals surface area (Å²) >= 11 is 4.69. The second-order valence-corrected chi connectivity index (χ2v) is 5.82. The summed E-state index contributed by atoms with van der Waals surface area (Å²) in [5.74, 6) is 0. The van der Waals surface area contributed by atoms with Gasteiger partial charge in [-0.2, -0.15) is 0 Å². The van der Waals surface area contributed by atoms with Crippen molar-refractivity contribution in [3.8, 4) is 0 Å². The van der Waals surface area contributed by atoms with Crippen molar-refractivity contribution in [3.63, 3.8) is 0 Å². The molecule has 0 radical (unpaired) electrons. The lowest BCUT2D eigenvalue weighted by molar-refractivity contribution is 1.59. The molecule has 0 bridgehead atoms. The molecule has 0 aliphatic rings. The molecule has 0 saturated heterocycles. The highest BCUT2D eigenvalue weighted by molar-refractivity contribution is 14.1. The highest BCUT2D eigenvalue weighted by Crippen LogP contribution is 2.16. The van der Waals surface area contributed by atoms with Crippen molar-refractivity contribution in [3.05, 3.63) is 66.8 Å². The van der Waals surface area contributed by atoms with Gasteiger partial charge in [-0.15, -0.1) is 0 Å². The molecule has 0 unspecified atom stereocenters. The fraction of sp³-hybridized carbons (Fsp3) is 0. The molecule has 0 aromatic heterocycles. The normalized spacial score (nSPS) is 10.9. The van der Waals surface area contributed by atoms with Gasteiger partial charge in [0.05, 0.1) is 0 Å². The second kappa shape index (κ2) is 5.82. The standard InChI is InChI=1S/C14H10I2/c15-13-6-3-4-11(10-13)8-9-12-5-1-2-7-14(12)16/h1-10H. The monoisotopic (exact) mass is 432 g/mol. The lowest BCUT2D eigenvalue weighted by Gasteiger charge is -1.98. The zero-order chi connectivity index (χ0) is 11.4. The van der Waals surface area contributed by atoms with Crippen molar-refractivity contribution >= 4 is 57.3 Å². The van der Waals surface area contributed by atoms with Gasteiger partial charge in [0.15, 0.2) is 0 Å². The molecule has 0 saturated carbocycles. The van der Waals surface area contributed by atoms with E-state index in [1.165, 1.54) is 18.3 Å². The van der Waals surface area contributed by atoms with Crippen LogP contribution in [0.2, 0.25) is 0 Å². The number of halogens is 2. The maximum Gasteiger partial charge on any atom is 0.0202 e. The van der Waals surface area contributed by atoms with Gasteiger partial charge < -0.3 is 0 Å². The summed E-state index contributed by atoms with van der Waals surface area (Å²) in [5, 5.41) is 0. The van der Waals surface area contributed by atoms with Gasteiger partial charge in [-0.1, -0.05) is 42.5 Å². The fourth-order valence-corrected chi connectivity index (χ4v) is 2.54. The molecular formula is C14H10I2. The third-order valence-electron chi connectivity index (χ3n) is 2.21. The molecule has 0 aliphatic heterocycles. The fourth-order valence-electron chi connectivity index (χ4n) is 1.41. The third kappa shape index (κ3) is 3.31. The molecule has 2 rings (SSSR count). The Labute approximate surface area is 123 Å². The predicted octanol–water partition coefficient (Wildman–Crippen LogP) is 5.07. The Bertz CT molecular complexity index is 516. The van der Waals surface area contributed by atoms with Gasteiger partial charge in [-0.3, -0.25) is 0 Å². The predicted molar refractivity (Wildman–Crippen MR) is 87.2 cm³/mol. The summed E-state index contributed by atoms with van der Waals surface area (Å²) in [6, 6.07) is 16.9. The highest BCUT2D eigenvalue weighted by Gasteiger charge is 1.93. The van der Waals surface area contributed by atoms with Crippen LogP contribution >= 0.6 is 45.2 Å². The first-order valence-electron chi connectivity index (χ1n) is 4.94. The van der Waals surface area contributed by atoms with Gasteiger partial charge >= 0.3 is 0 Å². The van der Waals surface area contributed by atoms with E-state index in [0.717, 1.165) is 0 Å². The first-order chi connectivity index (χ1) is 7.75. The molecule has 0 fully saturated rings. The lowest BCUT2D eigenvalue weighted by Crippen LogP contribution is -1.78. The smallest absolute Gasteiger partial charge is 0.0202 e. The largest absolute Gasteiger partial charge is 0.0616 e. The van der Waals surface area contributed by atoms with Crippen LogP contribution in [-0.2, 0) is 0 Å². The number of hydrogen-bond acceptors (Lipinski definition) is 0. The number of rotatable bonds is 2. The molecule has 2 aromatic carbocycles. The Morgan fingerprint density at radius 1 is 0.812 bits per heavy atom. The second-order valence-electron chi connectivity index (χ2n) is 3.41. The van der Waals surface area contributed by atoms with E-state index >= 15 is 0 Å². The molecule has 2 heteroatoms. The van der Waals surface area contributed by atoms with Crippen molar-refractivity contribution in [1.82, 2.24) is 0 Å². The van der Waals surface area contributed by atoms with Crippen molar-refractivity contribution in [2.24, 2.45) is 0 Å². The summed E-state index contributed by atoms with van der Waals surface area (Å²) in [7, 11) is 0. The van der Waals surface area contributed by atoms with Crippen LogP contribution in [0.5, 0.6) is 0 Å². The summed E-state index contributed by atoms with van der Waals surface area (Å²) in [6.45, 7) is 0. The first kappa shape index (κ1) is 12.1. The van der Waals surface area contributed by atoms with E-state index in [1.807, 2.05) is 0 Å². The van der Waals surface area contributed by atoms with E-state index in [4.69, 9.17) is 0 Å². The van der Waals surface area contributed by atoms with Crippen LogP contribution in [0.4, 0.5) is 0 Å². The summed E-state index contributed by atoms with van der Waals surface area (Å²) in [5.41, 5.74) is 2.51. The van der Waals surface area contributed by atoms with E-state index in [9.17, 15) is 0 Å². The molecule has 0 heterocycles. The Morgan fingerprint density at radius 3 is 2.38 bits per heavy atom. The van der Waals surface area contributed by atoms with Gasteiger partial charge in [-0.05, 0) is 74.5 Å². The molecule has 80 valence electrons. The average molecular weight is 432 g/mol. The first-order valence-corrected chi connectivity index (χ1v) is 7.09. The number of hydrogen-bond donors (Lipinski definition) is 0. The van der Waals surface area contributed by atoms with Crippen molar-refractivity contribution in [1.29, 1.82) is 0 Å². The molecule has 16 heavy (non-hydrogen) atoms. The quantitative estimate of drug-likeness (QED) is 0.460. The average Bonchev–Trinajstić information content (AvgIpc) is 2.28. The minimum atomic E-state index is 1.24. The maximum absolute atomic E-state index is 2.36. The SMILES string of the molecule is Ic1cccc(C=Cc2ccccc2I)c1. The van der Waals surface area contributed by atoms with Gasteiger partial charge in [0.2, 0.25) is 0 Å². The van der Waals surface area contributed by atoms with Gasteiger partial charge in [-0.25, -0.2) is 0 Å². The Hall–Kier alpha value is -0.360. The van der Waals surface area contributed by atoms with Crippen LogP contribution in [0, 0.1) is 7.14 Å². The van der Waals surface area contributed by atoms with Crippen LogP contribution in [0.1, 0.15) is 11.1 Å². The van der Waals surface area contributed by atoms with Gasteiger partial charge in [0, 0.05) is 7.14 Å². The Morgan fingerprint density at radius 2 is 1.62 bits per heavy atom. The van der Waals surface area contributed by atoms with Crippen LogP contribution in [-0.4, -0.2) is 0 Å². The minimum Gasteiger partial charge on any atom is -0.0616 e. The molecular weight excluding hydrogens is 422 g/mol. The van der Waals surface area contributed by atoms with Crippen LogP contribution in [0.25, 0.3) is 12.2 Å². The number of benzene rings is 2.